The molecule has 0 saturated carbocycles. The van der Waals surface area contributed by atoms with Crippen LogP contribution in [0, 0.1) is 0 Å². The molecule has 0 unspecified atom stereocenters. The van der Waals surface area contributed by atoms with Crippen LogP contribution in [-0.4, -0.2) is 25.0 Å². The summed E-state index contributed by atoms with van der Waals surface area (Å²) in [6, 6.07) is 20.2. The normalized spacial score (nSPS) is 10.4. The van der Waals surface area contributed by atoms with E-state index in [0.717, 1.165) is 6.42 Å². The lowest BCUT2D eigenvalue weighted by molar-refractivity contribution is -0.117. The van der Waals surface area contributed by atoms with Gasteiger partial charge in [-0.1, -0.05) is 60.7 Å². The summed E-state index contributed by atoms with van der Waals surface area (Å²) >= 11 is 0. The molecule has 0 fully saturated rings. The van der Waals surface area contributed by atoms with E-state index in [9.17, 15) is 9.59 Å². The van der Waals surface area contributed by atoms with Gasteiger partial charge < -0.3 is 16.4 Å². The molecule has 0 bridgehead atoms. The van der Waals surface area contributed by atoms with Gasteiger partial charge in [-0.3, -0.25) is 4.79 Å². The highest BCUT2D eigenvalue weighted by atomic mass is 16.2. The molecule has 4 N–H and O–H groups in total. The maximum Gasteiger partial charge on any atom is 0.314 e. The summed E-state index contributed by atoms with van der Waals surface area (Å²) in [4.78, 5) is 22.4. The monoisotopic (exact) mass is 325 g/mol. The molecule has 0 aliphatic heterocycles. The first-order valence-electron chi connectivity index (χ1n) is 8.06. The maximum atomic E-state index is 11.7. The Labute approximate surface area is 142 Å². The Kier molecular flexibility index (Phi) is 6.83. The maximum absolute atomic E-state index is 11.7. The van der Waals surface area contributed by atoms with Crippen molar-refractivity contribution in [2.75, 3.05) is 13.1 Å². The molecule has 0 spiro atoms. The first kappa shape index (κ1) is 17.5. The van der Waals surface area contributed by atoms with Crippen LogP contribution in [0.2, 0.25) is 0 Å². The topological polar surface area (TPSA) is 84.2 Å². The number of carbonyl (C=O) groups is 2. The van der Waals surface area contributed by atoms with Gasteiger partial charge in [0.15, 0.2) is 0 Å². The lowest BCUT2D eigenvalue weighted by atomic mass is 9.88. The molecule has 0 saturated heterocycles. The van der Waals surface area contributed by atoms with Gasteiger partial charge in [0.1, 0.15) is 0 Å². The highest BCUT2D eigenvalue weighted by Crippen LogP contribution is 2.27. The van der Waals surface area contributed by atoms with Gasteiger partial charge in [-0.25, -0.2) is 4.79 Å². The fraction of sp³-hybridized carbons (Fsp3) is 0.263. The minimum atomic E-state index is -0.427. The Morgan fingerprint density at radius 3 is 1.83 bits per heavy atom. The quantitative estimate of drug-likeness (QED) is 0.696. The number of urea groups is 1. The second-order valence-corrected chi connectivity index (χ2v) is 5.56. The van der Waals surface area contributed by atoms with Gasteiger partial charge in [-0.15, -0.1) is 0 Å². The molecule has 5 nitrogen and oxygen atoms in total. The smallest absolute Gasteiger partial charge is 0.314 e. The Hall–Kier alpha value is -2.82. The van der Waals surface area contributed by atoms with Crippen LogP contribution in [0.1, 0.15) is 29.9 Å². The zero-order chi connectivity index (χ0) is 17.2. The van der Waals surface area contributed by atoms with E-state index in [1.165, 1.54) is 11.1 Å². The average molecular weight is 325 g/mol. The van der Waals surface area contributed by atoms with Gasteiger partial charge in [-0.2, -0.15) is 0 Å². The second kappa shape index (κ2) is 9.35. The molecule has 24 heavy (non-hydrogen) atoms. The van der Waals surface area contributed by atoms with Crippen molar-refractivity contribution in [3.63, 3.8) is 0 Å². The number of hydrogen-bond acceptors (Lipinski definition) is 2. The van der Waals surface area contributed by atoms with Crippen LogP contribution >= 0.6 is 0 Å². The Morgan fingerprint density at radius 1 is 0.833 bits per heavy atom. The van der Waals surface area contributed by atoms with Gasteiger partial charge >= 0.3 is 6.03 Å². The molecule has 3 amide bonds. The molecule has 0 aromatic heterocycles. The summed E-state index contributed by atoms with van der Waals surface area (Å²) in [5.41, 5.74) is 7.48. The Bertz CT molecular complexity index is 605. The predicted octanol–water partition coefficient (Wildman–Crippen LogP) is 2.38. The van der Waals surface area contributed by atoms with Crippen LogP contribution < -0.4 is 16.4 Å². The van der Waals surface area contributed by atoms with Crippen LogP contribution in [0.5, 0.6) is 0 Å². The molecule has 2 aromatic carbocycles. The zero-order valence-corrected chi connectivity index (χ0v) is 13.6. The third kappa shape index (κ3) is 5.76. The number of carbonyl (C=O) groups excluding carboxylic acids is 2. The molecule has 0 radical (unpaired) electrons. The van der Waals surface area contributed by atoms with Gasteiger partial charge in [0, 0.05) is 25.4 Å². The Balaban J connectivity index is 1.90. The summed E-state index contributed by atoms with van der Waals surface area (Å²) in [5, 5.41) is 5.44. The molecule has 2 aromatic rings. The van der Waals surface area contributed by atoms with Crippen LogP contribution in [0.15, 0.2) is 60.7 Å². The fourth-order valence-corrected chi connectivity index (χ4v) is 2.59. The summed E-state index contributed by atoms with van der Waals surface area (Å²) < 4.78 is 0. The van der Waals surface area contributed by atoms with Crippen molar-refractivity contribution in [1.29, 1.82) is 0 Å². The van der Waals surface area contributed by atoms with Crippen LogP contribution in [0.25, 0.3) is 0 Å². The number of primary amides is 1. The van der Waals surface area contributed by atoms with Gasteiger partial charge in [0.25, 0.3) is 0 Å². The number of hydrogen-bond donors (Lipinski definition) is 3. The number of nitrogens with one attached hydrogen (secondary N) is 2. The predicted molar refractivity (Wildman–Crippen MR) is 94.6 cm³/mol. The molecule has 2 rings (SSSR count). The van der Waals surface area contributed by atoms with E-state index in [1.807, 2.05) is 36.4 Å². The summed E-state index contributed by atoms with van der Waals surface area (Å²) in [5.74, 6) is -0.207. The van der Waals surface area contributed by atoms with Crippen molar-refractivity contribution >= 4 is 11.9 Å². The minimum Gasteiger partial charge on any atom is -0.370 e. The molecular formula is C19H23N3O2. The van der Waals surface area contributed by atoms with Gasteiger partial charge in [0.05, 0.1) is 0 Å². The lowest BCUT2D eigenvalue weighted by Crippen LogP contribution is -2.38. The lowest BCUT2D eigenvalue weighted by Gasteiger charge is -2.18. The largest absolute Gasteiger partial charge is 0.370 e. The van der Waals surface area contributed by atoms with Crippen molar-refractivity contribution in [3.8, 4) is 0 Å². The average Bonchev–Trinajstić information content (AvgIpc) is 2.60. The molecule has 0 aliphatic rings. The van der Waals surface area contributed by atoms with Crippen LogP contribution in [0.3, 0.4) is 0 Å². The summed E-state index contributed by atoms with van der Waals surface area (Å²) in [7, 11) is 0. The molecule has 0 heterocycles. The summed E-state index contributed by atoms with van der Waals surface area (Å²) in [6.45, 7) is 0.791. The highest BCUT2D eigenvalue weighted by molar-refractivity contribution is 5.76. The second-order valence-electron chi connectivity index (χ2n) is 5.56. The molecule has 5 heteroatoms. The molecule has 0 atom stereocenters. The third-order valence-electron chi connectivity index (χ3n) is 3.78. The van der Waals surface area contributed by atoms with Crippen molar-refractivity contribution in [2.24, 2.45) is 5.73 Å². The van der Waals surface area contributed by atoms with E-state index in [4.69, 9.17) is 5.73 Å². The van der Waals surface area contributed by atoms with E-state index in [-0.39, 0.29) is 24.9 Å². The number of amides is 3. The fourth-order valence-electron chi connectivity index (χ4n) is 2.59. The number of rotatable bonds is 8. The van der Waals surface area contributed by atoms with E-state index >= 15 is 0 Å². The summed E-state index contributed by atoms with van der Waals surface area (Å²) in [6.07, 6.45) is 0.932. The van der Waals surface area contributed by atoms with E-state index < -0.39 is 5.91 Å². The zero-order valence-electron chi connectivity index (χ0n) is 13.6. The van der Waals surface area contributed by atoms with Crippen molar-refractivity contribution in [1.82, 2.24) is 10.6 Å². The number of nitrogens with two attached hydrogens (primary N) is 1. The van der Waals surface area contributed by atoms with Crippen LogP contribution in [0.4, 0.5) is 4.79 Å². The standard InChI is InChI=1S/C19H23N3O2/c20-18(23)12-14-22-19(24)21-13-11-17(15-7-3-1-4-8-15)16-9-5-2-6-10-16/h1-10,17H,11-14H2,(H2,20,23)(H2,21,22,24). The van der Waals surface area contributed by atoms with E-state index in [2.05, 4.69) is 34.9 Å². The van der Waals surface area contributed by atoms with E-state index in [0.29, 0.717) is 6.54 Å². The first-order valence-corrected chi connectivity index (χ1v) is 8.06. The number of benzene rings is 2. The highest BCUT2D eigenvalue weighted by Gasteiger charge is 2.14. The molecule has 0 aliphatic carbocycles. The first-order chi connectivity index (χ1) is 11.7. The van der Waals surface area contributed by atoms with Gasteiger partial charge in [-0.05, 0) is 17.5 Å². The SMILES string of the molecule is NC(=O)CCNC(=O)NCCC(c1ccccc1)c1ccccc1. The third-order valence-corrected chi connectivity index (χ3v) is 3.78. The van der Waals surface area contributed by atoms with Crippen LogP contribution in [-0.2, 0) is 4.79 Å². The van der Waals surface area contributed by atoms with Crippen molar-refractivity contribution in [3.05, 3.63) is 71.8 Å². The molecular weight excluding hydrogens is 302 g/mol. The van der Waals surface area contributed by atoms with Crippen molar-refractivity contribution < 1.29 is 9.59 Å². The van der Waals surface area contributed by atoms with Gasteiger partial charge in [0.2, 0.25) is 5.91 Å². The van der Waals surface area contributed by atoms with E-state index in [1.54, 1.807) is 0 Å². The molecule has 126 valence electrons. The Morgan fingerprint density at radius 2 is 1.33 bits per heavy atom. The minimum absolute atomic E-state index is 0.143. The van der Waals surface area contributed by atoms with Crippen molar-refractivity contribution in [2.45, 2.75) is 18.8 Å².